The molecular formula is C10H21NO2. The lowest BCUT2D eigenvalue weighted by Crippen LogP contribution is -2.28. The third-order valence-electron chi connectivity index (χ3n) is 2.01. The van der Waals surface area contributed by atoms with Crippen LogP contribution >= 0.6 is 0 Å². The van der Waals surface area contributed by atoms with Gasteiger partial charge in [-0.25, -0.2) is 0 Å². The van der Waals surface area contributed by atoms with Crippen molar-refractivity contribution >= 4 is 5.97 Å². The first-order valence-corrected chi connectivity index (χ1v) is 4.97. The number of carbonyl (C=O) groups is 1. The minimum Gasteiger partial charge on any atom is -0.481 e. The van der Waals surface area contributed by atoms with Crippen LogP contribution in [0.25, 0.3) is 0 Å². The van der Waals surface area contributed by atoms with Crippen LogP contribution in [0.2, 0.25) is 0 Å². The number of nitrogens with one attached hydrogen (secondary N) is 1. The smallest absolute Gasteiger partial charge is 0.304 e. The number of aliphatic carboxylic acids is 1. The monoisotopic (exact) mass is 187 g/mol. The van der Waals surface area contributed by atoms with Crippen LogP contribution in [0.3, 0.4) is 0 Å². The third-order valence-corrected chi connectivity index (χ3v) is 2.01. The van der Waals surface area contributed by atoms with Gasteiger partial charge in [-0.05, 0) is 25.7 Å². The summed E-state index contributed by atoms with van der Waals surface area (Å²) in [6.07, 6.45) is 2.53. The van der Waals surface area contributed by atoms with Crippen LogP contribution in [-0.2, 0) is 4.79 Å². The molecule has 0 fully saturated rings. The zero-order valence-corrected chi connectivity index (χ0v) is 8.84. The molecule has 0 radical (unpaired) electrons. The van der Waals surface area contributed by atoms with Crippen LogP contribution in [-0.4, -0.2) is 23.7 Å². The molecule has 0 aromatic carbocycles. The highest BCUT2D eigenvalue weighted by Crippen LogP contribution is 2.05. The Kier molecular flexibility index (Phi) is 6.59. The molecule has 0 aromatic heterocycles. The van der Waals surface area contributed by atoms with Crippen LogP contribution < -0.4 is 5.32 Å². The van der Waals surface area contributed by atoms with Crippen molar-refractivity contribution in [1.29, 1.82) is 0 Å². The molecule has 3 nitrogen and oxygen atoms in total. The van der Waals surface area contributed by atoms with Crippen LogP contribution in [0, 0.1) is 5.92 Å². The first-order valence-electron chi connectivity index (χ1n) is 4.97. The molecule has 0 heterocycles. The lowest BCUT2D eigenvalue weighted by molar-refractivity contribution is -0.136. The highest BCUT2D eigenvalue weighted by atomic mass is 16.4. The number of carboxylic acid groups (broad SMARTS) is 1. The van der Waals surface area contributed by atoms with Gasteiger partial charge in [-0.2, -0.15) is 0 Å². The van der Waals surface area contributed by atoms with E-state index in [1.54, 1.807) is 0 Å². The number of carboxylic acids is 1. The second kappa shape index (κ2) is 6.89. The van der Waals surface area contributed by atoms with E-state index in [1.807, 2.05) is 0 Å². The first kappa shape index (κ1) is 12.4. The number of hydrogen-bond donors (Lipinski definition) is 2. The summed E-state index contributed by atoms with van der Waals surface area (Å²) in [5, 5.41) is 11.6. The Bertz CT molecular complexity index is 146. The van der Waals surface area contributed by atoms with E-state index in [-0.39, 0.29) is 6.42 Å². The second-order valence-electron chi connectivity index (χ2n) is 3.97. The van der Waals surface area contributed by atoms with Crippen molar-refractivity contribution in [3.8, 4) is 0 Å². The molecule has 0 aliphatic rings. The van der Waals surface area contributed by atoms with Gasteiger partial charge in [0.1, 0.15) is 0 Å². The van der Waals surface area contributed by atoms with Crippen molar-refractivity contribution in [3.05, 3.63) is 0 Å². The average molecular weight is 187 g/mol. The van der Waals surface area contributed by atoms with E-state index in [1.165, 1.54) is 6.42 Å². The van der Waals surface area contributed by atoms with Crippen LogP contribution in [0.15, 0.2) is 0 Å². The summed E-state index contributed by atoms with van der Waals surface area (Å²) >= 11 is 0. The Balaban J connectivity index is 3.29. The van der Waals surface area contributed by atoms with E-state index < -0.39 is 5.97 Å². The first-order chi connectivity index (χ1) is 6.02. The molecule has 0 rings (SSSR count). The normalized spacial score (nSPS) is 13.2. The summed E-state index contributed by atoms with van der Waals surface area (Å²) in [5.74, 6) is -0.00715. The minimum absolute atomic E-state index is 0.214. The predicted octanol–water partition coefficient (Wildman–Crippen LogP) is 1.88. The van der Waals surface area contributed by atoms with Crippen molar-refractivity contribution in [2.24, 2.45) is 5.92 Å². The van der Waals surface area contributed by atoms with Gasteiger partial charge in [-0.1, -0.05) is 13.8 Å². The Morgan fingerprint density at radius 3 is 2.38 bits per heavy atom. The maximum Gasteiger partial charge on any atom is 0.304 e. The second-order valence-corrected chi connectivity index (χ2v) is 3.97. The molecule has 1 unspecified atom stereocenters. The van der Waals surface area contributed by atoms with Crippen molar-refractivity contribution in [1.82, 2.24) is 5.32 Å². The van der Waals surface area contributed by atoms with Crippen molar-refractivity contribution in [2.75, 3.05) is 6.54 Å². The van der Waals surface area contributed by atoms with E-state index in [0.717, 1.165) is 12.3 Å². The number of rotatable bonds is 7. The molecule has 2 N–H and O–H groups in total. The lowest BCUT2D eigenvalue weighted by Gasteiger charge is -2.13. The van der Waals surface area contributed by atoms with Crippen LogP contribution in [0.1, 0.15) is 40.0 Å². The Morgan fingerprint density at radius 2 is 1.92 bits per heavy atom. The van der Waals surface area contributed by atoms with E-state index in [4.69, 9.17) is 5.11 Å². The molecule has 0 aromatic rings. The Hall–Kier alpha value is -0.570. The maximum atomic E-state index is 10.2. The minimum atomic E-state index is -0.733. The SMILES string of the molecule is CC(C)CCC(C)NCCC(=O)O. The molecule has 1 atom stereocenters. The van der Waals surface area contributed by atoms with Crippen LogP contribution in [0.4, 0.5) is 0 Å². The van der Waals surface area contributed by atoms with Gasteiger partial charge in [0.15, 0.2) is 0 Å². The van der Waals surface area contributed by atoms with Gasteiger partial charge < -0.3 is 10.4 Å². The third kappa shape index (κ3) is 9.34. The fourth-order valence-electron chi connectivity index (χ4n) is 1.11. The standard InChI is InChI=1S/C10H21NO2/c1-8(2)4-5-9(3)11-7-6-10(12)13/h8-9,11H,4-7H2,1-3H3,(H,12,13). The lowest BCUT2D eigenvalue weighted by atomic mass is 10.0. The molecule has 78 valence electrons. The maximum absolute atomic E-state index is 10.2. The zero-order valence-electron chi connectivity index (χ0n) is 8.84. The van der Waals surface area contributed by atoms with Gasteiger partial charge in [0.2, 0.25) is 0 Å². The number of hydrogen-bond acceptors (Lipinski definition) is 2. The molecule has 0 amide bonds. The predicted molar refractivity (Wildman–Crippen MR) is 53.8 cm³/mol. The fourth-order valence-corrected chi connectivity index (χ4v) is 1.11. The Morgan fingerprint density at radius 1 is 1.31 bits per heavy atom. The zero-order chi connectivity index (χ0) is 10.3. The summed E-state index contributed by atoms with van der Waals surface area (Å²) in [4.78, 5) is 10.2. The van der Waals surface area contributed by atoms with Gasteiger partial charge in [-0.3, -0.25) is 4.79 Å². The largest absolute Gasteiger partial charge is 0.481 e. The van der Waals surface area contributed by atoms with Crippen molar-refractivity contribution in [2.45, 2.75) is 46.1 Å². The topological polar surface area (TPSA) is 49.3 Å². The highest BCUT2D eigenvalue weighted by Gasteiger charge is 2.03. The summed E-state index contributed by atoms with van der Waals surface area (Å²) in [6.45, 7) is 7.08. The van der Waals surface area contributed by atoms with E-state index >= 15 is 0 Å². The highest BCUT2D eigenvalue weighted by molar-refractivity contribution is 5.66. The molecule has 13 heavy (non-hydrogen) atoms. The van der Waals surface area contributed by atoms with Gasteiger partial charge in [0.05, 0.1) is 6.42 Å². The quantitative estimate of drug-likeness (QED) is 0.639. The molecule has 0 saturated carbocycles. The molecule has 0 bridgehead atoms. The molecular weight excluding hydrogens is 166 g/mol. The summed E-state index contributed by atoms with van der Waals surface area (Å²) < 4.78 is 0. The van der Waals surface area contributed by atoms with Gasteiger partial charge in [-0.15, -0.1) is 0 Å². The van der Waals surface area contributed by atoms with Gasteiger partial charge >= 0.3 is 5.97 Å². The van der Waals surface area contributed by atoms with Crippen molar-refractivity contribution in [3.63, 3.8) is 0 Å². The summed E-state index contributed by atoms with van der Waals surface area (Å²) in [6, 6.07) is 0.432. The molecule has 0 spiro atoms. The van der Waals surface area contributed by atoms with Gasteiger partial charge in [0.25, 0.3) is 0 Å². The average Bonchev–Trinajstić information content (AvgIpc) is 2.00. The molecule has 3 heteroatoms. The van der Waals surface area contributed by atoms with Crippen LogP contribution in [0.5, 0.6) is 0 Å². The molecule has 0 aliphatic heterocycles. The van der Waals surface area contributed by atoms with E-state index in [0.29, 0.717) is 12.6 Å². The van der Waals surface area contributed by atoms with Crippen molar-refractivity contribution < 1.29 is 9.90 Å². The summed E-state index contributed by atoms with van der Waals surface area (Å²) in [7, 11) is 0. The van der Waals surface area contributed by atoms with E-state index in [9.17, 15) is 4.79 Å². The molecule has 0 aliphatic carbocycles. The molecule has 0 saturated heterocycles. The fraction of sp³-hybridized carbons (Fsp3) is 0.900. The summed E-state index contributed by atoms with van der Waals surface area (Å²) in [5.41, 5.74) is 0. The van der Waals surface area contributed by atoms with Gasteiger partial charge in [0, 0.05) is 12.6 Å². The Labute approximate surface area is 80.5 Å². The van der Waals surface area contributed by atoms with E-state index in [2.05, 4.69) is 26.1 Å².